The summed E-state index contributed by atoms with van der Waals surface area (Å²) < 4.78 is 16.6. The van der Waals surface area contributed by atoms with Gasteiger partial charge in [0.15, 0.2) is 5.79 Å². The molecule has 5 heteroatoms. The first-order chi connectivity index (χ1) is 7.17. The van der Waals surface area contributed by atoms with Crippen LogP contribution in [0.25, 0.3) is 0 Å². The summed E-state index contributed by atoms with van der Waals surface area (Å²) in [4.78, 5) is 11.6. The summed E-state index contributed by atoms with van der Waals surface area (Å²) >= 11 is 1.03. The Kier molecular flexibility index (Phi) is 3.37. The second-order valence-corrected chi connectivity index (χ2v) is 5.94. The van der Waals surface area contributed by atoms with Crippen LogP contribution in [-0.4, -0.2) is 48.4 Å². The Morgan fingerprint density at radius 1 is 1.47 bits per heavy atom. The summed E-state index contributed by atoms with van der Waals surface area (Å²) in [7, 11) is 1.45. The van der Waals surface area contributed by atoms with Gasteiger partial charge in [-0.1, -0.05) is 11.2 Å². The van der Waals surface area contributed by atoms with Crippen molar-refractivity contribution < 1.29 is 19.0 Å². The van der Waals surface area contributed by atoms with Crippen LogP contribution in [-0.2, 0) is 19.0 Å². The molecule has 0 N–H and O–H groups in total. The van der Waals surface area contributed by atoms with Crippen molar-refractivity contribution in [2.24, 2.45) is 5.92 Å². The average Bonchev–Trinajstić information content (AvgIpc) is 2.70. The van der Waals surface area contributed by atoms with Crippen molar-refractivity contribution in [2.75, 3.05) is 20.3 Å². The number of rotatable bonds is 1. The Hall–Kier alpha value is -0.0775. The van der Waals surface area contributed by atoms with Crippen LogP contribution in [0.15, 0.2) is 0 Å². The highest BCUT2D eigenvalue weighted by Gasteiger charge is 2.46. The Bertz CT molecular complexity index is 250. The lowest BCUT2D eigenvalue weighted by molar-refractivity contribution is -0.193. The Morgan fingerprint density at radius 3 is 2.73 bits per heavy atom. The van der Waals surface area contributed by atoms with Crippen LogP contribution in [0.4, 0.5) is 0 Å². The van der Waals surface area contributed by atoms with E-state index >= 15 is 0 Å². The molecule has 2 aliphatic rings. The molecule has 0 aromatic carbocycles. The molecule has 1 saturated heterocycles. The maximum atomic E-state index is 11.6. The minimum atomic E-state index is -0.472. The van der Waals surface area contributed by atoms with Gasteiger partial charge in [-0.3, -0.25) is 4.79 Å². The summed E-state index contributed by atoms with van der Waals surface area (Å²) in [5, 5.41) is 0. The minimum Gasteiger partial charge on any atom is -0.469 e. The van der Waals surface area contributed by atoms with Gasteiger partial charge in [-0.25, -0.2) is 0 Å². The molecule has 0 bridgehead atoms. The molecule has 15 heavy (non-hydrogen) atoms. The topological polar surface area (TPSA) is 44.8 Å². The highest BCUT2D eigenvalue weighted by atomic mass is 27.0. The molecule has 0 amide bonds. The van der Waals surface area contributed by atoms with Gasteiger partial charge in [0.25, 0.3) is 0 Å². The average molecular weight is 228 g/mol. The number of carbonyl (C=O) groups excluding carboxylic acids is 1. The zero-order valence-corrected chi connectivity index (χ0v) is 11.3. The molecule has 1 aliphatic heterocycles. The van der Waals surface area contributed by atoms with E-state index in [1.165, 1.54) is 7.11 Å². The fraction of sp³-hybridized carbons (Fsp3) is 0.900. The molecule has 1 saturated carbocycles. The second-order valence-electron chi connectivity index (χ2n) is 4.46. The zero-order valence-electron chi connectivity index (χ0n) is 9.32. The fourth-order valence-corrected chi connectivity index (χ4v) is 3.31. The smallest absolute Gasteiger partial charge is 0.307 e. The summed E-state index contributed by atoms with van der Waals surface area (Å²) in [5.41, 5.74) is 0. The van der Waals surface area contributed by atoms with Crippen molar-refractivity contribution in [3.8, 4) is 0 Å². The maximum Gasteiger partial charge on any atom is 0.307 e. The molecule has 84 valence electrons. The lowest BCUT2D eigenvalue weighted by Gasteiger charge is -2.38. The van der Waals surface area contributed by atoms with Gasteiger partial charge in [-0.15, -0.1) is 0 Å². The van der Waals surface area contributed by atoms with Crippen molar-refractivity contribution in [1.82, 2.24) is 0 Å². The summed E-state index contributed by atoms with van der Waals surface area (Å²) in [6, 6.07) is 0. The van der Waals surface area contributed by atoms with Gasteiger partial charge in [0.2, 0.25) is 16.3 Å². The highest BCUT2D eigenvalue weighted by Crippen LogP contribution is 2.43. The molecule has 1 heterocycles. The van der Waals surface area contributed by atoms with Crippen LogP contribution in [0, 0.1) is 5.92 Å². The number of methoxy groups -OCH3 is 1. The molecule has 0 aromatic rings. The van der Waals surface area contributed by atoms with Gasteiger partial charge in [0, 0.05) is 12.8 Å². The first kappa shape index (κ1) is 11.4. The first-order valence-electron chi connectivity index (χ1n) is 5.53. The van der Waals surface area contributed by atoms with Gasteiger partial charge < -0.3 is 14.2 Å². The van der Waals surface area contributed by atoms with Crippen molar-refractivity contribution >= 4 is 22.3 Å². The van der Waals surface area contributed by atoms with E-state index in [1.54, 1.807) is 0 Å². The Balaban J connectivity index is 2.06. The zero-order chi connectivity index (χ0) is 10.9. The predicted octanol–water partition coefficient (Wildman–Crippen LogP) is 0.124. The largest absolute Gasteiger partial charge is 0.469 e. The lowest BCUT2D eigenvalue weighted by Crippen LogP contribution is -2.41. The Morgan fingerprint density at radius 2 is 2.13 bits per heavy atom. The third-order valence-corrected chi connectivity index (χ3v) is 4.90. The summed E-state index contributed by atoms with van der Waals surface area (Å²) in [6.45, 7) is 1.30. The van der Waals surface area contributed by atoms with Crippen LogP contribution in [0.2, 0.25) is 4.78 Å². The maximum absolute atomic E-state index is 11.6. The van der Waals surface area contributed by atoms with Gasteiger partial charge in [-0.05, 0) is 0 Å². The van der Waals surface area contributed by atoms with E-state index in [9.17, 15) is 4.79 Å². The number of esters is 1. The van der Waals surface area contributed by atoms with Crippen molar-refractivity contribution in [2.45, 2.75) is 29.8 Å². The molecule has 2 atom stereocenters. The molecule has 1 aliphatic carbocycles. The third-order valence-electron chi connectivity index (χ3n) is 3.52. The first-order valence-corrected chi connectivity index (χ1v) is 6.68. The van der Waals surface area contributed by atoms with E-state index < -0.39 is 5.79 Å². The SMILES string of the molecule is COC(=O)C1CC2(CC[CH]1[AlH2])OCCO2. The van der Waals surface area contributed by atoms with Gasteiger partial charge >= 0.3 is 5.97 Å². The van der Waals surface area contributed by atoms with Crippen LogP contribution >= 0.6 is 0 Å². The van der Waals surface area contributed by atoms with Crippen LogP contribution in [0.1, 0.15) is 19.3 Å². The van der Waals surface area contributed by atoms with E-state index in [1.807, 2.05) is 0 Å². The van der Waals surface area contributed by atoms with Crippen LogP contribution in [0.5, 0.6) is 0 Å². The molecule has 0 aromatic heterocycles. The van der Waals surface area contributed by atoms with Gasteiger partial charge in [-0.2, -0.15) is 0 Å². The Labute approximate surface area is 97.7 Å². The minimum absolute atomic E-state index is 0.0199. The quantitative estimate of drug-likeness (QED) is 0.472. The molecule has 4 nitrogen and oxygen atoms in total. The van der Waals surface area contributed by atoms with Gasteiger partial charge in [0.1, 0.15) is 0 Å². The predicted molar refractivity (Wildman–Crippen MR) is 56.3 cm³/mol. The van der Waals surface area contributed by atoms with E-state index in [-0.39, 0.29) is 11.9 Å². The second kappa shape index (κ2) is 4.42. The summed E-state index contributed by atoms with van der Waals surface area (Å²) in [5.74, 6) is -0.596. The number of hydrogen-bond acceptors (Lipinski definition) is 4. The van der Waals surface area contributed by atoms with Crippen LogP contribution in [0.3, 0.4) is 0 Å². The molecule has 0 radical (unpaired) electrons. The molecule has 1 spiro atoms. The third kappa shape index (κ3) is 2.21. The van der Waals surface area contributed by atoms with E-state index in [0.29, 0.717) is 24.4 Å². The van der Waals surface area contributed by atoms with Crippen molar-refractivity contribution in [3.05, 3.63) is 0 Å². The molecule has 2 rings (SSSR count). The van der Waals surface area contributed by atoms with Crippen molar-refractivity contribution in [1.29, 1.82) is 0 Å². The summed E-state index contributed by atoms with van der Waals surface area (Å²) in [6.07, 6.45) is 2.62. The standard InChI is InChI=1S/C10H15O4.Al.2H/c1-12-9(11)8-3-2-4-10(7-8)13-5-6-14-10;;;/h3,8H,2,4-7H2,1H3;;;. The highest BCUT2D eigenvalue weighted by molar-refractivity contribution is 6.13. The normalized spacial score (nSPS) is 34.2. The van der Waals surface area contributed by atoms with E-state index in [2.05, 4.69) is 0 Å². The fourth-order valence-electron chi connectivity index (χ4n) is 2.51. The number of ether oxygens (including phenoxy) is 3. The molecule has 2 unspecified atom stereocenters. The molecular formula is C10H17AlO4. The van der Waals surface area contributed by atoms with Crippen molar-refractivity contribution in [3.63, 3.8) is 0 Å². The number of carbonyl (C=O) groups is 1. The monoisotopic (exact) mass is 228 g/mol. The lowest BCUT2D eigenvalue weighted by atomic mass is 9.84. The van der Waals surface area contributed by atoms with Gasteiger partial charge in [0.05, 0.1) is 26.2 Å². The van der Waals surface area contributed by atoms with E-state index in [0.717, 1.165) is 29.1 Å². The van der Waals surface area contributed by atoms with Crippen LogP contribution < -0.4 is 0 Å². The number of hydrogen-bond donors (Lipinski definition) is 0. The van der Waals surface area contributed by atoms with E-state index in [4.69, 9.17) is 14.2 Å². The molecule has 2 fully saturated rings. The molecular weight excluding hydrogens is 211 g/mol.